The molecule has 3 rings (SSSR count). The second-order valence-corrected chi connectivity index (χ2v) is 6.34. The van der Waals surface area contributed by atoms with Crippen LogP contribution in [0, 0.1) is 23.2 Å². The topological polar surface area (TPSA) is 62.3 Å². The number of benzene rings is 1. The van der Waals surface area contributed by atoms with Gasteiger partial charge in [0.15, 0.2) is 0 Å². The minimum absolute atomic E-state index is 0.340. The average Bonchev–Trinajstić information content (AvgIpc) is 2.98. The Kier molecular flexibility index (Phi) is 4.24. The molecule has 0 unspecified atom stereocenters. The van der Waals surface area contributed by atoms with Crippen LogP contribution in [0.4, 0.5) is 5.88 Å². The van der Waals surface area contributed by atoms with Gasteiger partial charge in [0.05, 0.1) is 12.7 Å². The van der Waals surface area contributed by atoms with Crippen LogP contribution in [0.5, 0.6) is 5.75 Å². The van der Waals surface area contributed by atoms with Crippen LogP contribution < -0.4 is 9.64 Å². The molecule has 1 saturated heterocycles. The Balaban J connectivity index is 2.00. The van der Waals surface area contributed by atoms with E-state index in [9.17, 15) is 5.26 Å². The maximum Gasteiger partial charge on any atom is 0.235 e. The van der Waals surface area contributed by atoms with Crippen molar-refractivity contribution in [3.63, 3.8) is 0 Å². The molecule has 0 radical (unpaired) electrons. The summed E-state index contributed by atoms with van der Waals surface area (Å²) in [5.74, 6) is 2.84. The molecular formula is C18H21N3O2. The quantitative estimate of drug-likeness (QED) is 0.864. The van der Waals surface area contributed by atoms with E-state index in [-0.39, 0.29) is 0 Å². The van der Waals surface area contributed by atoms with Crippen LogP contribution in [0.2, 0.25) is 0 Å². The van der Waals surface area contributed by atoms with E-state index >= 15 is 0 Å². The molecule has 2 atom stereocenters. The fraction of sp³-hybridized carbons (Fsp3) is 0.444. The lowest BCUT2D eigenvalue weighted by atomic mass is 9.92. The van der Waals surface area contributed by atoms with Crippen molar-refractivity contribution in [3.8, 4) is 23.3 Å². The summed E-state index contributed by atoms with van der Waals surface area (Å²) in [4.78, 5) is 6.53. The summed E-state index contributed by atoms with van der Waals surface area (Å²) < 4.78 is 11.3. The van der Waals surface area contributed by atoms with Crippen LogP contribution in [0.15, 0.2) is 28.7 Å². The van der Waals surface area contributed by atoms with Gasteiger partial charge in [0, 0.05) is 13.1 Å². The summed E-state index contributed by atoms with van der Waals surface area (Å²) in [7, 11) is 1.61. The molecule has 5 nitrogen and oxygen atoms in total. The third kappa shape index (κ3) is 3.02. The fourth-order valence-electron chi connectivity index (χ4n) is 3.36. The molecule has 0 saturated carbocycles. The standard InChI is InChI=1S/C18H21N3O2/c1-12-8-13(2)11-21(10-12)18-15(9-19)20-17(23-18)14-6-4-5-7-16(14)22-3/h4-7,12-13H,8,10-11H2,1-3H3/t12-,13-/m0/s1. The Morgan fingerprint density at radius 1 is 1.26 bits per heavy atom. The van der Waals surface area contributed by atoms with Gasteiger partial charge in [-0.2, -0.15) is 10.2 Å². The van der Waals surface area contributed by atoms with Gasteiger partial charge in [-0.25, -0.2) is 0 Å². The molecular weight excluding hydrogens is 290 g/mol. The highest BCUT2D eigenvalue weighted by atomic mass is 16.5. The van der Waals surface area contributed by atoms with Gasteiger partial charge in [0.1, 0.15) is 11.8 Å². The summed E-state index contributed by atoms with van der Waals surface area (Å²) in [6.07, 6.45) is 1.20. The average molecular weight is 311 g/mol. The predicted molar refractivity (Wildman–Crippen MR) is 88.4 cm³/mol. The fourth-order valence-corrected chi connectivity index (χ4v) is 3.36. The molecule has 0 bridgehead atoms. The zero-order valence-electron chi connectivity index (χ0n) is 13.7. The predicted octanol–water partition coefficient (Wildman–Crippen LogP) is 3.70. The van der Waals surface area contributed by atoms with E-state index in [1.54, 1.807) is 7.11 Å². The van der Waals surface area contributed by atoms with Crippen molar-refractivity contribution in [2.24, 2.45) is 11.8 Å². The number of piperidine rings is 1. The number of ether oxygens (including phenoxy) is 1. The van der Waals surface area contributed by atoms with Gasteiger partial charge < -0.3 is 14.1 Å². The summed E-state index contributed by atoms with van der Waals surface area (Å²) in [5, 5.41) is 9.44. The van der Waals surface area contributed by atoms with E-state index in [1.807, 2.05) is 24.3 Å². The first-order valence-corrected chi connectivity index (χ1v) is 7.91. The molecule has 0 spiro atoms. The van der Waals surface area contributed by atoms with E-state index in [1.165, 1.54) is 6.42 Å². The Morgan fingerprint density at radius 3 is 2.61 bits per heavy atom. The number of aromatic nitrogens is 1. The highest BCUT2D eigenvalue weighted by Crippen LogP contribution is 2.35. The maximum atomic E-state index is 9.44. The van der Waals surface area contributed by atoms with Crippen LogP contribution in [-0.2, 0) is 0 Å². The number of anilines is 1. The molecule has 1 aliphatic heterocycles. The van der Waals surface area contributed by atoms with Crippen LogP contribution >= 0.6 is 0 Å². The van der Waals surface area contributed by atoms with Crippen LogP contribution in [0.25, 0.3) is 11.5 Å². The van der Waals surface area contributed by atoms with Gasteiger partial charge in [-0.1, -0.05) is 26.0 Å². The smallest absolute Gasteiger partial charge is 0.235 e. The SMILES string of the molecule is COc1ccccc1-c1nc(C#N)c(N2C[C@@H](C)C[C@H](C)C2)o1. The van der Waals surface area contributed by atoms with Crippen LogP contribution in [0.1, 0.15) is 26.0 Å². The highest BCUT2D eigenvalue weighted by Gasteiger charge is 2.28. The lowest BCUT2D eigenvalue weighted by Gasteiger charge is -2.34. The van der Waals surface area contributed by atoms with Gasteiger partial charge in [-0.3, -0.25) is 0 Å². The number of hydrogen-bond donors (Lipinski definition) is 0. The molecule has 2 aromatic rings. The number of nitriles is 1. The lowest BCUT2D eigenvalue weighted by molar-refractivity contribution is 0.344. The Hall–Kier alpha value is -2.48. The Labute approximate surface area is 136 Å². The first-order chi connectivity index (χ1) is 11.1. The number of hydrogen-bond acceptors (Lipinski definition) is 5. The van der Waals surface area contributed by atoms with Gasteiger partial charge in [0.25, 0.3) is 0 Å². The lowest BCUT2D eigenvalue weighted by Crippen LogP contribution is -2.38. The Morgan fingerprint density at radius 2 is 1.96 bits per heavy atom. The normalized spacial score (nSPS) is 21.0. The third-order valence-corrected chi connectivity index (χ3v) is 4.21. The van der Waals surface area contributed by atoms with Crippen molar-refractivity contribution < 1.29 is 9.15 Å². The molecule has 23 heavy (non-hydrogen) atoms. The zero-order valence-corrected chi connectivity index (χ0v) is 13.7. The van der Waals surface area contributed by atoms with Crippen LogP contribution in [0.3, 0.4) is 0 Å². The molecule has 0 amide bonds. The van der Waals surface area contributed by atoms with E-state index in [0.29, 0.717) is 35.1 Å². The minimum atomic E-state index is 0.340. The second kappa shape index (κ2) is 6.33. The minimum Gasteiger partial charge on any atom is -0.496 e. The van der Waals surface area contributed by atoms with Crippen molar-refractivity contribution in [2.45, 2.75) is 20.3 Å². The van der Waals surface area contributed by atoms with Crippen molar-refractivity contribution in [3.05, 3.63) is 30.0 Å². The molecule has 1 fully saturated rings. The van der Waals surface area contributed by atoms with E-state index in [2.05, 4.69) is 29.8 Å². The molecule has 0 N–H and O–H groups in total. The zero-order chi connectivity index (χ0) is 16.4. The van der Waals surface area contributed by atoms with Crippen molar-refractivity contribution in [2.75, 3.05) is 25.1 Å². The number of para-hydroxylation sites is 1. The number of oxazole rings is 1. The summed E-state index contributed by atoms with van der Waals surface area (Å²) >= 11 is 0. The van der Waals surface area contributed by atoms with Crippen LogP contribution in [-0.4, -0.2) is 25.2 Å². The first-order valence-electron chi connectivity index (χ1n) is 7.91. The number of nitrogens with zero attached hydrogens (tertiary/aromatic N) is 3. The first kappa shape index (κ1) is 15.4. The number of methoxy groups -OCH3 is 1. The van der Waals surface area contributed by atoms with Crippen molar-refractivity contribution >= 4 is 5.88 Å². The molecule has 1 aromatic heterocycles. The van der Waals surface area contributed by atoms with Crippen molar-refractivity contribution in [1.82, 2.24) is 4.98 Å². The van der Waals surface area contributed by atoms with Gasteiger partial charge in [-0.15, -0.1) is 0 Å². The second-order valence-electron chi connectivity index (χ2n) is 6.34. The van der Waals surface area contributed by atoms with Gasteiger partial charge in [0.2, 0.25) is 17.5 Å². The molecule has 2 heterocycles. The largest absolute Gasteiger partial charge is 0.496 e. The summed E-state index contributed by atoms with van der Waals surface area (Å²) in [6, 6.07) is 9.70. The van der Waals surface area contributed by atoms with Gasteiger partial charge in [-0.05, 0) is 30.4 Å². The highest BCUT2D eigenvalue weighted by molar-refractivity contribution is 5.65. The summed E-state index contributed by atoms with van der Waals surface area (Å²) in [5.41, 5.74) is 1.10. The molecule has 0 aliphatic carbocycles. The van der Waals surface area contributed by atoms with Gasteiger partial charge >= 0.3 is 0 Å². The number of rotatable bonds is 3. The Bertz CT molecular complexity index is 722. The molecule has 1 aromatic carbocycles. The molecule has 120 valence electrons. The molecule has 5 heteroatoms. The summed E-state index contributed by atoms with van der Waals surface area (Å²) in [6.45, 7) is 6.23. The van der Waals surface area contributed by atoms with Crippen molar-refractivity contribution in [1.29, 1.82) is 5.26 Å². The maximum absolute atomic E-state index is 9.44. The van der Waals surface area contributed by atoms with E-state index in [0.717, 1.165) is 18.7 Å². The van der Waals surface area contributed by atoms with E-state index < -0.39 is 0 Å². The molecule has 1 aliphatic rings. The monoisotopic (exact) mass is 311 g/mol. The van der Waals surface area contributed by atoms with E-state index in [4.69, 9.17) is 9.15 Å². The third-order valence-electron chi connectivity index (χ3n) is 4.21.